The molecule has 2 amide bonds. The molecule has 0 aliphatic heterocycles. The van der Waals surface area contributed by atoms with Crippen LogP contribution in [0.3, 0.4) is 0 Å². The Morgan fingerprint density at radius 2 is 1.88 bits per heavy atom. The van der Waals surface area contributed by atoms with Gasteiger partial charge in [0.1, 0.15) is 11.9 Å². The summed E-state index contributed by atoms with van der Waals surface area (Å²) in [5, 5.41) is 16.5. The number of rotatable bonds is 3. The van der Waals surface area contributed by atoms with Crippen molar-refractivity contribution >= 4 is 22.5 Å². The Balaban J connectivity index is 1.71. The number of anilines is 1. The summed E-state index contributed by atoms with van der Waals surface area (Å²) in [6.07, 6.45) is 0. The van der Waals surface area contributed by atoms with E-state index in [9.17, 15) is 9.18 Å². The van der Waals surface area contributed by atoms with Crippen LogP contribution >= 0.6 is 0 Å². The second-order valence-corrected chi connectivity index (χ2v) is 5.25. The van der Waals surface area contributed by atoms with Crippen molar-refractivity contribution in [3.63, 3.8) is 0 Å². The van der Waals surface area contributed by atoms with Crippen molar-refractivity contribution in [3.05, 3.63) is 77.6 Å². The zero-order valence-electron chi connectivity index (χ0n) is 12.7. The number of hydrogen-bond acceptors (Lipinski definition) is 2. The fourth-order valence-corrected chi connectivity index (χ4v) is 2.51. The maximum absolute atomic E-state index is 13.1. The number of nitrogens with one attached hydrogen (secondary N) is 2. The first-order valence-corrected chi connectivity index (χ1v) is 7.38. The van der Waals surface area contributed by atoms with Crippen molar-refractivity contribution in [2.75, 3.05) is 5.32 Å². The highest BCUT2D eigenvalue weighted by molar-refractivity contribution is 5.91. The smallest absolute Gasteiger partial charge is 0.319 e. The minimum absolute atomic E-state index is 0.0790. The van der Waals surface area contributed by atoms with Gasteiger partial charge in [-0.2, -0.15) is 5.26 Å². The van der Waals surface area contributed by atoms with Gasteiger partial charge in [-0.05, 0) is 34.5 Å². The third kappa shape index (κ3) is 3.33. The van der Waals surface area contributed by atoms with E-state index >= 15 is 0 Å². The molecule has 3 rings (SSSR count). The van der Waals surface area contributed by atoms with Crippen LogP contribution in [0.4, 0.5) is 14.9 Å². The summed E-state index contributed by atoms with van der Waals surface area (Å²) >= 11 is 0. The monoisotopic (exact) mass is 319 g/mol. The molecule has 3 aromatic rings. The van der Waals surface area contributed by atoms with Gasteiger partial charge >= 0.3 is 6.03 Å². The van der Waals surface area contributed by atoms with Crippen molar-refractivity contribution in [2.45, 2.75) is 6.54 Å². The van der Waals surface area contributed by atoms with Crippen molar-refractivity contribution in [3.8, 4) is 6.07 Å². The van der Waals surface area contributed by atoms with Gasteiger partial charge in [0.2, 0.25) is 0 Å². The summed E-state index contributed by atoms with van der Waals surface area (Å²) in [4.78, 5) is 12.0. The molecule has 0 aliphatic carbocycles. The quantitative estimate of drug-likeness (QED) is 0.761. The molecule has 2 N–H and O–H groups in total. The SMILES string of the molecule is N#Cc1cc(F)ccc1NC(=O)NCc1cccc2ccccc12. The summed E-state index contributed by atoms with van der Waals surface area (Å²) in [6.45, 7) is 0.344. The lowest BCUT2D eigenvalue weighted by atomic mass is 10.0. The average molecular weight is 319 g/mol. The molecular weight excluding hydrogens is 305 g/mol. The number of urea groups is 1. The van der Waals surface area contributed by atoms with Gasteiger partial charge in [-0.25, -0.2) is 9.18 Å². The van der Waals surface area contributed by atoms with Crippen LogP contribution < -0.4 is 10.6 Å². The van der Waals surface area contributed by atoms with Gasteiger partial charge in [0.05, 0.1) is 11.3 Å². The lowest BCUT2D eigenvalue weighted by Crippen LogP contribution is -2.28. The first kappa shape index (κ1) is 15.5. The van der Waals surface area contributed by atoms with E-state index in [1.807, 2.05) is 48.5 Å². The van der Waals surface area contributed by atoms with E-state index in [1.54, 1.807) is 0 Å². The fourth-order valence-electron chi connectivity index (χ4n) is 2.51. The van der Waals surface area contributed by atoms with Crippen molar-refractivity contribution in [2.24, 2.45) is 0 Å². The number of nitrogens with zero attached hydrogens (tertiary/aromatic N) is 1. The molecule has 24 heavy (non-hydrogen) atoms. The molecule has 0 saturated heterocycles. The Morgan fingerprint density at radius 1 is 1.08 bits per heavy atom. The molecule has 0 heterocycles. The Morgan fingerprint density at radius 3 is 2.71 bits per heavy atom. The van der Waals surface area contributed by atoms with Crippen LogP contribution in [-0.2, 0) is 6.54 Å². The van der Waals surface area contributed by atoms with Crippen molar-refractivity contribution < 1.29 is 9.18 Å². The normalized spacial score (nSPS) is 10.2. The van der Waals surface area contributed by atoms with Crippen LogP contribution in [0.2, 0.25) is 0 Å². The molecule has 0 radical (unpaired) electrons. The Kier molecular flexibility index (Phi) is 4.39. The van der Waals surface area contributed by atoms with Gasteiger partial charge in [0.25, 0.3) is 0 Å². The van der Waals surface area contributed by atoms with E-state index in [0.29, 0.717) is 6.54 Å². The van der Waals surface area contributed by atoms with Crippen LogP contribution in [-0.4, -0.2) is 6.03 Å². The van der Waals surface area contributed by atoms with Gasteiger partial charge < -0.3 is 10.6 Å². The summed E-state index contributed by atoms with van der Waals surface area (Å²) in [6, 6.07) is 18.9. The number of benzene rings is 3. The molecule has 118 valence electrons. The predicted octanol–water partition coefficient (Wildman–Crippen LogP) is 4.17. The molecule has 0 aliphatic rings. The van der Waals surface area contributed by atoms with E-state index < -0.39 is 11.8 Å². The molecule has 3 aromatic carbocycles. The lowest BCUT2D eigenvalue weighted by molar-refractivity contribution is 0.252. The van der Waals surface area contributed by atoms with Crippen LogP contribution in [0.1, 0.15) is 11.1 Å². The number of hydrogen-bond donors (Lipinski definition) is 2. The third-order valence-corrected chi connectivity index (χ3v) is 3.67. The second-order valence-electron chi connectivity index (χ2n) is 5.25. The minimum Gasteiger partial charge on any atom is -0.334 e. The number of nitriles is 1. The molecule has 5 heteroatoms. The maximum atomic E-state index is 13.1. The fraction of sp³-hybridized carbons (Fsp3) is 0.0526. The minimum atomic E-state index is -0.520. The van der Waals surface area contributed by atoms with Gasteiger partial charge in [0.15, 0.2) is 0 Å². The number of halogens is 1. The summed E-state index contributed by atoms with van der Waals surface area (Å²) in [7, 11) is 0. The first-order chi connectivity index (χ1) is 11.7. The van der Waals surface area contributed by atoms with E-state index in [1.165, 1.54) is 12.1 Å². The standard InChI is InChI=1S/C19H14FN3O/c20-16-8-9-18(15(10-16)11-21)23-19(24)22-12-14-6-3-5-13-4-1-2-7-17(13)14/h1-10H,12H2,(H2,22,23,24). The van der Waals surface area contributed by atoms with Gasteiger partial charge in [-0.1, -0.05) is 42.5 Å². The van der Waals surface area contributed by atoms with E-state index in [4.69, 9.17) is 5.26 Å². The van der Waals surface area contributed by atoms with E-state index in [-0.39, 0.29) is 11.3 Å². The lowest BCUT2D eigenvalue weighted by Gasteiger charge is -2.10. The summed E-state index contributed by atoms with van der Waals surface area (Å²) in [5.41, 5.74) is 1.34. The third-order valence-electron chi connectivity index (χ3n) is 3.67. The number of carbonyl (C=O) groups is 1. The van der Waals surface area contributed by atoms with Crippen molar-refractivity contribution in [1.82, 2.24) is 5.32 Å². The number of fused-ring (bicyclic) bond motifs is 1. The maximum Gasteiger partial charge on any atom is 0.319 e. The Hall–Kier alpha value is -3.39. The molecule has 4 nitrogen and oxygen atoms in total. The first-order valence-electron chi connectivity index (χ1n) is 7.38. The van der Waals surface area contributed by atoms with Crippen LogP contribution in [0, 0.1) is 17.1 Å². The molecular formula is C19H14FN3O. The van der Waals surface area contributed by atoms with Gasteiger partial charge in [-0.15, -0.1) is 0 Å². The average Bonchev–Trinajstić information content (AvgIpc) is 2.61. The Bertz CT molecular complexity index is 941. The largest absolute Gasteiger partial charge is 0.334 e. The number of amides is 2. The molecule has 0 unspecified atom stereocenters. The topological polar surface area (TPSA) is 64.9 Å². The van der Waals surface area contributed by atoms with Crippen molar-refractivity contribution in [1.29, 1.82) is 5.26 Å². The summed E-state index contributed by atoms with van der Waals surface area (Å²) < 4.78 is 13.1. The van der Waals surface area contributed by atoms with Gasteiger partial charge in [0, 0.05) is 6.54 Å². The Labute approximate surface area is 138 Å². The number of carbonyl (C=O) groups excluding carboxylic acids is 1. The van der Waals surface area contributed by atoms with E-state index in [2.05, 4.69) is 10.6 Å². The second kappa shape index (κ2) is 6.80. The summed E-state index contributed by atoms with van der Waals surface area (Å²) in [5.74, 6) is -0.520. The molecule has 0 spiro atoms. The van der Waals surface area contributed by atoms with Crippen LogP contribution in [0.5, 0.6) is 0 Å². The molecule has 0 fully saturated rings. The van der Waals surface area contributed by atoms with Crippen LogP contribution in [0.15, 0.2) is 60.7 Å². The highest BCUT2D eigenvalue weighted by Crippen LogP contribution is 2.19. The molecule has 0 atom stereocenters. The van der Waals surface area contributed by atoms with E-state index in [0.717, 1.165) is 22.4 Å². The highest BCUT2D eigenvalue weighted by atomic mass is 19.1. The van der Waals surface area contributed by atoms with Crippen LogP contribution in [0.25, 0.3) is 10.8 Å². The zero-order chi connectivity index (χ0) is 16.9. The molecule has 0 saturated carbocycles. The predicted molar refractivity (Wildman–Crippen MR) is 90.9 cm³/mol. The highest BCUT2D eigenvalue weighted by Gasteiger charge is 2.08. The van der Waals surface area contributed by atoms with Gasteiger partial charge in [-0.3, -0.25) is 0 Å². The zero-order valence-corrected chi connectivity index (χ0v) is 12.7. The molecule has 0 bridgehead atoms. The molecule has 0 aromatic heterocycles.